The van der Waals surface area contributed by atoms with Crippen molar-refractivity contribution in [2.75, 3.05) is 40.4 Å². The fourth-order valence-corrected chi connectivity index (χ4v) is 4.31. The number of hydrogen-bond donors (Lipinski definition) is 1. The fourth-order valence-electron chi connectivity index (χ4n) is 4.31. The highest BCUT2D eigenvalue weighted by atomic mass is 16.5. The van der Waals surface area contributed by atoms with Crippen molar-refractivity contribution < 1.29 is 29.0 Å². The quantitative estimate of drug-likeness (QED) is 0.240. The molecule has 1 aliphatic rings. The number of ketones is 1. The van der Waals surface area contributed by atoms with E-state index in [4.69, 9.17) is 9.47 Å². The molecule has 0 bridgehead atoms. The summed E-state index contributed by atoms with van der Waals surface area (Å²) in [5.41, 5.74) is 1.35. The van der Waals surface area contributed by atoms with Crippen molar-refractivity contribution in [1.29, 1.82) is 0 Å². The van der Waals surface area contributed by atoms with Crippen LogP contribution in [0, 0.1) is 0 Å². The number of benzene rings is 2. The largest absolute Gasteiger partial charge is 0.507 e. The predicted molar refractivity (Wildman–Crippen MR) is 132 cm³/mol. The van der Waals surface area contributed by atoms with Crippen molar-refractivity contribution >= 4 is 23.4 Å². The molecule has 1 N–H and O–H groups in total. The first-order valence-corrected chi connectivity index (χ1v) is 11.7. The normalized spacial score (nSPS) is 17.2. The van der Waals surface area contributed by atoms with Crippen LogP contribution in [0.3, 0.4) is 0 Å². The number of ether oxygens (including phenoxy) is 2. The van der Waals surface area contributed by atoms with Gasteiger partial charge in [-0.05, 0) is 55.9 Å². The molecule has 2 aromatic carbocycles. The second-order valence-electron chi connectivity index (χ2n) is 8.22. The first-order valence-electron chi connectivity index (χ1n) is 11.7. The summed E-state index contributed by atoms with van der Waals surface area (Å²) in [7, 11) is 2.81. The molecule has 1 saturated heterocycles. The molecule has 8 nitrogen and oxygen atoms in total. The Hall–Kier alpha value is -3.65. The van der Waals surface area contributed by atoms with Crippen LogP contribution in [-0.2, 0) is 14.3 Å². The monoisotopic (exact) mass is 480 g/mol. The minimum Gasteiger partial charge on any atom is -0.507 e. The van der Waals surface area contributed by atoms with Gasteiger partial charge in [-0.25, -0.2) is 4.79 Å². The summed E-state index contributed by atoms with van der Waals surface area (Å²) in [6.45, 7) is 7.06. The summed E-state index contributed by atoms with van der Waals surface area (Å²) in [5, 5.41) is 11.2. The zero-order valence-corrected chi connectivity index (χ0v) is 20.6. The highest BCUT2D eigenvalue weighted by Crippen LogP contribution is 2.40. The number of hydrogen-bond acceptors (Lipinski definition) is 7. The maximum absolute atomic E-state index is 13.2. The summed E-state index contributed by atoms with van der Waals surface area (Å²) in [5.74, 6) is -1.63. The van der Waals surface area contributed by atoms with E-state index in [0.717, 1.165) is 19.6 Å². The van der Waals surface area contributed by atoms with Gasteiger partial charge in [0.25, 0.3) is 11.7 Å². The van der Waals surface area contributed by atoms with E-state index in [1.807, 2.05) is 0 Å². The highest BCUT2D eigenvalue weighted by Gasteiger charge is 2.45. The van der Waals surface area contributed by atoms with Crippen molar-refractivity contribution in [3.63, 3.8) is 0 Å². The molecule has 3 rings (SSSR count). The van der Waals surface area contributed by atoms with Crippen LogP contribution in [0.25, 0.3) is 5.76 Å². The van der Waals surface area contributed by atoms with E-state index >= 15 is 0 Å². The maximum Gasteiger partial charge on any atom is 0.337 e. The molecule has 35 heavy (non-hydrogen) atoms. The van der Waals surface area contributed by atoms with Crippen molar-refractivity contribution in [3.05, 3.63) is 70.8 Å². The van der Waals surface area contributed by atoms with E-state index in [2.05, 4.69) is 18.7 Å². The number of Topliss-reactive ketones (excluding diaryl/α,β-unsaturated/α-hetero) is 1. The van der Waals surface area contributed by atoms with Crippen LogP contribution in [0.2, 0.25) is 0 Å². The van der Waals surface area contributed by atoms with Gasteiger partial charge in [0.15, 0.2) is 0 Å². The molecule has 8 heteroatoms. The Kier molecular flexibility index (Phi) is 8.65. The van der Waals surface area contributed by atoms with E-state index in [-0.39, 0.29) is 11.3 Å². The lowest BCUT2D eigenvalue weighted by Gasteiger charge is -2.27. The van der Waals surface area contributed by atoms with E-state index in [9.17, 15) is 19.5 Å². The zero-order chi connectivity index (χ0) is 25.5. The molecular weight excluding hydrogens is 448 g/mol. The number of nitrogens with zero attached hydrogens (tertiary/aromatic N) is 2. The summed E-state index contributed by atoms with van der Waals surface area (Å²) < 4.78 is 10.0. The molecule has 2 aromatic rings. The van der Waals surface area contributed by atoms with Gasteiger partial charge in [0.2, 0.25) is 0 Å². The number of aliphatic hydroxyl groups is 1. The Morgan fingerprint density at radius 2 is 1.71 bits per heavy atom. The van der Waals surface area contributed by atoms with E-state index in [1.54, 1.807) is 48.5 Å². The van der Waals surface area contributed by atoms with Crippen LogP contribution in [0.5, 0.6) is 5.75 Å². The van der Waals surface area contributed by atoms with Crippen molar-refractivity contribution in [3.8, 4) is 5.75 Å². The second-order valence-corrected chi connectivity index (χ2v) is 8.22. The Bertz CT molecular complexity index is 1100. The van der Waals surface area contributed by atoms with Crippen LogP contribution in [0.1, 0.15) is 47.8 Å². The zero-order valence-electron chi connectivity index (χ0n) is 20.6. The lowest BCUT2D eigenvalue weighted by Crippen LogP contribution is -2.33. The van der Waals surface area contributed by atoms with Crippen molar-refractivity contribution in [2.24, 2.45) is 0 Å². The molecule has 0 radical (unpaired) electrons. The number of carbonyl (C=O) groups is 3. The van der Waals surface area contributed by atoms with Gasteiger partial charge in [0, 0.05) is 12.1 Å². The number of likely N-dealkylation sites (tertiary alicyclic amines) is 1. The van der Waals surface area contributed by atoms with Crippen LogP contribution in [0.15, 0.2) is 54.1 Å². The SMILES string of the molecule is CCN(CC)CCCN1C(=O)C(=O)/C(=C(/O)c2cccc(OC)c2)C1c1ccc(C(=O)OC)cc1. The van der Waals surface area contributed by atoms with Crippen molar-refractivity contribution in [1.82, 2.24) is 9.80 Å². The number of carbonyl (C=O) groups excluding carboxylic acids is 3. The average molecular weight is 481 g/mol. The highest BCUT2D eigenvalue weighted by molar-refractivity contribution is 6.46. The van der Waals surface area contributed by atoms with Gasteiger partial charge in [-0.2, -0.15) is 0 Å². The topological polar surface area (TPSA) is 96.4 Å². The first-order chi connectivity index (χ1) is 16.9. The molecule has 186 valence electrons. The molecule has 1 fully saturated rings. The Balaban J connectivity index is 2.05. The molecule has 0 saturated carbocycles. The van der Waals surface area contributed by atoms with E-state index < -0.39 is 23.7 Å². The average Bonchev–Trinajstić information content (AvgIpc) is 3.15. The number of aliphatic hydroxyl groups excluding tert-OH is 1. The summed E-state index contributed by atoms with van der Waals surface area (Å²) in [4.78, 5) is 41.9. The first kappa shape index (κ1) is 26.0. The van der Waals surface area contributed by atoms with Crippen LogP contribution in [0.4, 0.5) is 0 Å². The minimum atomic E-state index is -0.787. The molecule has 0 spiro atoms. The fraction of sp³-hybridized carbons (Fsp3) is 0.370. The Morgan fingerprint density at radius 1 is 1.03 bits per heavy atom. The van der Waals surface area contributed by atoms with E-state index in [1.165, 1.54) is 19.1 Å². The lowest BCUT2D eigenvalue weighted by molar-refractivity contribution is -0.140. The summed E-state index contributed by atoms with van der Waals surface area (Å²) in [6.07, 6.45) is 0.671. The van der Waals surface area contributed by atoms with Gasteiger partial charge in [0.1, 0.15) is 11.5 Å². The van der Waals surface area contributed by atoms with Gasteiger partial charge >= 0.3 is 5.97 Å². The molecule has 1 heterocycles. The molecule has 1 aliphatic heterocycles. The Labute approximate surface area is 205 Å². The molecular formula is C27H32N2O6. The van der Waals surface area contributed by atoms with Gasteiger partial charge in [-0.1, -0.05) is 38.1 Å². The van der Waals surface area contributed by atoms with Gasteiger partial charge in [-0.3, -0.25) is 9.59 Å². The third-order valence-electron chi connectivity index (χ3n) is 6.30. The molecule has 1 amide bonds. The standard InChI is InChI=1S/C27H32N2O6/c1-5-28(6-2)15-8-16-29-23(18-11-13-19(14-12-18)27(33)35-4)22(25(31)26(29)32)24(30)20-9-7-10-21(17-20)34-3/h7,9-14,17,23,30H,5-6,8,15-16H2,1-4H3/b24-22+. The van der Waals surface area contributed by atoms with Crippen LogP contribution in [-0.4, -0.2) is 73.0 Å². The van der Waals surface area contributed by atoms with E-state index in [0.29, 0.717) is 35.4 Å². The van der Waals surface area contributed by atoms with Crippen LogP contribution < -0.4 is 4.74 Å². The Morgan fingerprint density at radius 3 is 2.31 bits per heavy atom. The van der Waals surface area contributed by atoms with Gasteiger partial charge in [-0.15, -0.1) is 0 Å². The predicted octanol–water partition coefficient (Wildman–Crippen LogP) is 3.64. The van der Waals surface area contributed by atoms with Gasteiger partial charge in [0.05, 0.1) is 31.4 Å². The molecule has 1 atom stereocenters. The number of methoxy groups -OCH3 is 2. The second kappa shape index (κ2) is 11.7. The smallest absolute Gasteiger partial charge is 0.337 e. The third kappa shape index (κ3) is 5.54. The summed E-state index contributed by atoms with van der Waals surface area (Å²) >= 11 is 0. The van der Waals surface area contributed by atoms with Gasteiger partial charge < -0.3 is 24.4 Å². The number of amides is 1. The number of esters is 1. The van der Waals surface area contributed by atoms with Crippen molar-refractivity contribution in [2.45, 2.75) is 26.3 Å². The third-order valence-corrected chi connectivity index (χ3v) is 6.30. The maximum atomic E-state index is 13.2. The summed E-state index contributed by atoms with van der Waals surface area (Å²) in [6, 6.07) is 12.4. The lowest BCUT2D eigenvalue weighted by atomic mass is 9.94. The molecule has 0 aliphatic carbocycles. The minimum absolute atomic E-state index is 0.0110. The number of rotatable bonds is 10. The molecule has 1 unspecified atom stereocenters. The van der Waals surface area contributed by atoms with Crippen LogP contribution >= 0.6 is 0 Å². The molecule has 0 aromatic heterocycles.